The number of ether oxygens (including phenoxy) is 2. The highest BCUT2D eigenvalue weighted by atomic mass is 32.2. The van der Waals surface area contributed by atoms with Gasteiger partial charge in [-0.15, -0.1) is 0 Å². The molecule has 3 aromatic rings. The molecular weight excluding hydrogens is 327 g/mol. The van der Waals surface area contributed by atoms with Gasteiger partial charge in [-0.1, -0.05) is 23.9 Å². The van der Waals surface area contributed by atoms with Crippen LogP contribution in [0.4, 0.5) is 4.39 Å². The Balaban J connectivity index is 1.63. The van der Waals surface area contributed by atoms with Crippen molar-refractivity contribution >= 4 is 22.8 Å². The average molecular weight is 342 g/mol. The number of fused-ring (bicyclic) bond motifs is 2. The van der Waals surface area contributed by atoms with E-state index in [4.69, 9.17) is 9.47 Å². The zero-order chi connectivity index (χ0) is 16.5. The van der Waals surface area contributed by atoms with Crippen LogP contribution in [0.3, 0.4) is 0 Å². The largest absolute Gasteiger partial charge is 0.467 e. The van der Waals surface area contributed by atoms with E-state index in [1.54, 1.807) is 0 Å². The molecule has 1 aromatic heterocycles. The van der Waals surface area contributed by atoms with E-state index in [-0.39, 0.29) is 12.6 Å². The average Bonchev–Trinajstić information content (AvgIpc) is 2.59. The molecule has 0 N–H and O–H groups in total. The fourth-order valence-corrected chi connectivity index (χ4v) is 3.64. The lowest BCUT2D eigenvalue weighted by molar-refractivity contribution is -0.0171. The molecule has 0 atom stereocenters. The zero-order valence-corrected chi connectivity index (χ0v) is 13.9. The van der Waals surface area contributed by atoms with Crippen molar-refractivity contribution in [2.45, 2.75) is 24.3 Å². The topological polar surface area (TPSA) is 44.2 Å². The van der Waals surface area contributed by atoms with Crippen molar-refractivity contribution in [1.82, 2.24) is 9.97 Å². The molecule has 0 bridgehead atoms. The summed E-state index contributed by atoms with van der Waals surface area (Å²) < 4.78 is 24.6. The minimum Gasteiger partial charge on any atom is -0.467 e. The van der Waals surface area contributed by atoms with Gasteiger partial charge in [0.05, 0.1) is 23.3 Å². The normalized spacial score (nSPS) is 13.6. The van der Waals surface area contributed by atoms with E-state index in [1.807, 2.05) is 31.2 Å². The number of thioether (sulfide) groups is 1. The fraction of sp³-hybridized carbons (Fsp3) is 0.222. The number of hydrogen-bond acceptors (Lipinski definition) is 5. The molecule has 0 spiro atoms. The Morgan fingerprint density at radius 2 is 1.96 bits per heavy atom. The predicted molar refractivity (Wildman–Crippen MR) is 90.5 cm³/mol. The van der Waals surface area contributed by atoms with E-state index in [0.29, 0.717) is 12.4 Å². The quantitative estimate of drug-likeness (QED) is 0.666. The van der Waals surface area contributed by atoms with Crippen molar-refractivity contribution < 1.29 is 13.9 Å². The lowest BCUT2D eigenvalue weighted by Gasteiger charge is -2.20. The van der Waals surface area contributed by atoms with E-state index in [0.717, 1.165) is 38.6 Å². The molecule has 0 saturated heterocycles. The third kappa shape index (κ3) is 2.95. The summed E-state index contributed by atoms with van der Waals surface area (Å²) >= 11 is 1.54. The van der Waals surface area contributed by atoms with Gasteiger partial charge < -0.3 is 9.47 Å². The summed E-state index contributed by atoms with van der Waals surface area (Å²) in [5.74, 6) is 1.01. The lowest BCUT2D eigenvalue weighted by Crippen LogP contribution is -2.13. The van der Waals surface area contributed by atoms with Gasteiger partial charge in [0.2, 0.25) is 0 Å². The van der Waals surface area contributed by atoms with E-state index < -0.39 is 0 Å². The van der Waals surface area contributed by atoms with Crippen LogP contribution >= 0.6 is 11.8 Å². The predicted octanol–water partition coefficient (Wildman–Crippen LogP) is 4.24. The van der Waals surface area contributed by atoms with Crippen LogP contribution in [0.15, 0.2) is 41.4 Å². The van der Waals surface area contributed by atoms with Gasteiger partial charge in [-0.3, -0.25) is 0 Å². The highest BCUT2D eigenvalue weighted by Gasteiger charge is 2.17. The molecule has 0 fully saturated rings. The van der Waals surface area contributed by atoms with Gasteiger partial charge in [0, 0.05) is 16.9 Å². The molecule has 0 amide bonds. The van der Waals surface area contributed by atoms with E-state index in [9.17, 15) is 4.39 Å². The zero-order valence-electron chi connectivity index (χ0n) is 13.1. The first-order valence-corrected chi connectivity index (χ1v) is 8.57. The van der Waals surface area contributed by atoms with E-state index >= 15 is 0 Å². The van der Waals surface area contributed by atoms with Crippen LogP contribution in [0.2, 0.25) is 0 Å². The monoisotopic (exact) mass is 342 g/mol. The first-order chi connectivity index (χ1) is 11.7. The second kappa shape index (κ2) is 6.37. The van der Waals surface area contributed by atoms with Crippen LogP contribution in [0.5, 0.6) is 5.75 Å². The highest BCUT2D eigenvalue weighted by molar-refractivity contribution is 7.98. The van der Waals surface area contributed by atoms with Crippen molar-refractivity contribution in [3.05, 3.63) is 59.0 Å². The highest BCUT2D eigenvalue weighted by Crippen LogP contribution is 2.34. The maximum absolute atomic E-state index is 13.8. The second-order valence-corrected chi connectivity index (χ2v) is 6.52. The van der Waals surface area contributed by atoms with Crippen LogP contribution in [0.1, 0.15) is 16.8 Å². The number of aromatic nitrogens is 2. The smallest absolute Gasteiger partial charge is 0.189 e. The van der Waals surface area contributed by atoms with Crippen molar-refractivity contribution in [1.29, 1.82) is 0 Å². The van der Waals surface area contributed by atoms with E-state index in [1.165, 1.54) is 23.9 Å². The first kappa shape index (κ1) is 15.4. The molecule has 0 unspecified atom stereocenters. The van der Waals surface area contributed by atoms with Gasteiger partial charge in [0.15, 0.2) is 6.79 Å². The number of nitrogens with zero attached hydrogens (tertiary/aromatic N) is 2. The van der Waals surface area contributed by atoms with Gasteiger partial charge >= 0.3 is 0 Å². The Kier molecular flexibility index (Phi) is 4.08. The number of rotatable bonds is 3. The Hall–Kier alpha value is -2.18. The molecule has 2 heterocycles. The van der Waals surface area contributed by atoms with Gasteiger partial charge in [0.25, 0.3) is 0 Å². The molecule has 122 valence electrons. The summed E-state index contributed by atoms with van der Waals surface area (Å²) in [5.41, 5.74) is 4.17. The number of benzene rings is 2. The lowest BCUT2D eigenvalue weighted by atomic mass is 10.1. The molecule has 6 heteroatoms. The molecule has 1 aliphatic heterocycles. The standard InChI is InChI=1S/C18H15FN2O2S/c1-11-18(21-16-5-3-2-4-15(16)20-11)24-9-13-7-14(19)6-12-8-22-10-23-17(12)13/h2-7H,8-10H2,1H3. The molecule has 4 rings (SSSR count). The molecular formula is C18H15FN2O2S. The number of hydrogen-bond donors (Lipinski definition) is 0. The summed E-state index contributed by atoms with van der Waals surface area (Å²) in [7, 11) is 0. The van der Waals surface area contributed by atoms with Gasteiger partial charge in [0.1, 0.15) is 16.6 Å². The third-order valence-corrected chi connectivity index (χ3v) is 4.93. The fourth-order valence-electron chi connectivity index (χ4n) is 2.72. The summed E-state index contributed by atoms with van der Waals surface area (Å²) in [5, 5.41) is 0.846. The first-order valence-electron chi connectivity index (χ1n) is 7.59. The van der Waals surface area contributed by atoms with Gasteiger partial charge in [-0.25, -0.2) is 14.4 Å². The molecule has 4 nitrogen and oxygen atoms in total. The van der Waals surface area contributed by atoms with Crippen LogP contribution in [0, 0.1) is 12.7 Å². The molecule has 2 aromatic carbocycles. The maximum atomic E-state index is 13.8. The summed E-state index contributed by atoms with van der Waals surface area (Å²) in [4.78, 5) is 9.25. The SMILES string of the molecule is Cc1nc2ccccc2nc1SCc1cc(F)cc2c1OCOC2. The molecule has 0 aliphatic carbocycles. The van der Waals surface area contributed by atoms with E-state index in [2.05, 4.69) is 9.97 Å². The number of aryl methyl sites for hydroxylation is 1. The second-order valence-electron chi connectivity index (χ2n) is 5.56. The van der Waals surface area contributed by atoms with Crippen molar-refractivity contribution in [3.63, 3.8) is 0 Å². The summed E-state index contributed by atoms with van der Waals surface area (Å²) in [6.45, 7) is 2.51. The maximum Gasteiger partial charge on any atom is 0.189 e. The van der Waals surface area contributed by atoms with Crippen LogP contribution in [0.25, 0.3) is 11.0 Å². The molecule has 0 saturated carbocycles. The van der Waals surface area contributed by atoms with Gasteiger partial charge in [-0.05, 0) is 31.2 Å². The minimum absolute atomic E-state index is 0.200. The molecule has 1 aliphatic rings. The van der Waals surface area contributed by atoms with Crippen LogP contribution in [-0.4, -0.2) is 16.8 Å². The molecule has 0 radical (unpaired) electrons. The third-order valence-electron chi connectivity index (χ3n) is 3.82. The Bertz CT molecular complexity index is 917. The minimum atomic E-state index is -0.278. The van der Waals surface area contributed by atoms with Crippen molar-refractivity contribution in [2.24, 2.45) is 0 Å². The number of halogens is 1. The summed E-state index contributed by atoms with van der Waals surface area (Å²) in [6.07, 6.45) is 0. The van der Waals surface area contributed by atoms with Crippen LogP contribution in [-0.2, 0) is 17.1 Å². The molecule has 24 heavy (non-hydrogen) atoms. The Morgan fingerprint density at radius 1 is 1.17 bits per heavy atom. The van der Waals surface area contributed by atoms with Crippen molar-refractivity contribution in [3.8, 4) is 5.75 Å². The number of para-hydroxylation sites is 2. The Labute approximate surface area is 143 Å². The Morgan fingerprint density at radius 3 is 2.79 bits per heavy atom. The van der Waals surface area contributed by atoms with Crippen LogP contribution < -0.4 is 4.74 Å². The van der Waals surface area contributed by atoms with Crippen molar-refractivity contribution in [2.75, 3.05) is 6.79 Å². The van der Waals surface area contributed by atoms with Gasteiger partial charge in [-0.2, -0.15) is 0 Å². The summed E-state index contributed by atoms with van der Waals surface area (Å²) in [6, 6.07) is 10.8.